The summed E-state index contributed by atoms with van der Waals surface area (Å²) in [6.07, 6.45) is 1.69. The van der Waals surface area contributed by atoms with Gasteiger partial charge in [0.25, 0.3) is 0 Å². The van der Waals surface area contributed by atoms with Crippen LogP contribution in [0.3, 0.4) is 0 Å². The van der Waals surface area contributed by atoms with Gasteiger partial charge in [-0.15, -0.1) is 0 Å². The van der Waals surface area contributed by atoms with Gasteiger partial charge in [-0.1, -0.05) is 84.4 Å². The Hall–Kier alpha value is -3.96. The Morgan fingerprint density at radius 2 is 1.59 bits per heavy atom. The molecule has 0 aliphatic carbocycles. The highest BCUT2D eigenvalue weighted by atomic mass is 35.5. The molecule has 1 heterocycles. The second-order valence-corrected chi connectivity index (χ2v) is 9.40. The summed E-state index contributed by atoms with van der Waals surface area (Å²) in [4.78, 5) is 17.3. The number of para-hydroxylation sites is 2. The minimum atomic E-state index is -0.333. The molecule has 186 valence electrons. The number of nitrogens with zero attached hydrogens (tertiary/aromatic N) is 2. The van der Waals surface area contributed by atoms with E-state index in [-0.39, 0.29) is 11.7 Å². The van der Waals surface area contributed by atoms with Gasteiger partial charge in [0, 0.05) is 23.6 Å². The molecule has 0 atom stereocenters. The molecular formula is C31H27ClFN3O. The Labute approximate surface area is 220 Å². The monoisotopic (exact) mass is 511 g/mol. The lowest BCUT2D eigenvalue weighted by atomic mass is 10.0. The summed E-state index contributed by atoms with van der Waals surface area (Å²) in [5.41, 5.74) is 5.49. The number of nitrogens with one attached hydrogen (secondary N) is 1. The largest absolute Gasteiger partial charge is 0.356 e. The van der Waals surface area contributed by atoms with E-state index in [0.717, 1.165) is 33.5 Å². The molecule has 4 aromatic carbocycles. The molecule has 4 nitrogen and oxygen atoms in total. The highest BCUT2D eigenvalue weighted by molar-refractivity contribution is 6.31. The maximum Gasteiger partial charge on any atom is 0.224 e. The van der Waals surface area contributed by atoms with Crippen LogP contribution in [0.25, 0.3) is 22.2 Å². The average molecular weight is 512 g/mol. The number of carbonyl (C=O) groups is 1. The molecule has 1 amide bonds. The van der Waals surface area contributed by atoms with E-state index < -0.39 is 0 Å². The number of hydrogen-bond donors (Lipinski definition) is 1. The average Bonchev–Trinajstić information content (AvgIpc) is 3.27. The van der Waals surface area contributed by atoms with Gasteiger partial charge < -0.3 is 9.88 Å². The molecule has 0 spiro atoms. The fourth-order valence-electron chi connectivity index (χ4n) is 4.50. The molecule has 0 saturated carbocycles. The first kappa shape index (κ1) is 24.7. The van der Waals surface area contributed by atoms with Gasteiger partial charge in [0.05, 0.1) is 24.0 Å². The van der Waals surface area contributed by atoms with Crippen LogP contribution in [0, 0.1) is 5.82 Å². The zero-order valence-corrected chi connectivity index (χ0v) is 21.1. The molecule has 1 N–H and O–H groups in total. The predicted octanol–water partition coefficient (Wildman–Crippen LogP) is 6.84. The Kier molecular flexibility index (Phi) is 7.62. The van der Waals surface area contributed by atoms with Crippen LogP contribution in [-0.2, 0) is 24.2 Å². The zero-order valence-electron chi connectivity index (χ0n) is 20.3. The summed E-state index contributed by atoms with van der Waals surface area (Å²) < 4.78 is 16.5. The lowest BCUT2D eigenvalue weighted by Gasteiger charge is -2.12. The summed E-state index contributed by atoms with van der Waals surface area (Å²) in [5.74, 6) is 0.491. The van der Waals surface area contributed by atoms with Crippen molar-refractivity contribution in [3.05, 3.63) is 125 Å². The molecule has 37 heavy (non-hydrogen) atoms. The lowest BCUT2D eigenvalue weighted by molar-refractivity contribution is -0.120. The van der Waals surface area contributed by atoms with E-state index >= 15 is 0 Å². The summed E-state index contributed by atoms with van der Waals surface area (Å²) >= 11 is 6.30. The molecular weight excluding hydrogens is 485 g/mol. The second kappa shape index (κ2) is 11.4. The number of halogens is 2. The smallest absolute Gasteiger partial charge is 0.224 e. The SMILES string of the molecule is O=C(Cc1ccc(-c2ccccc2)cc1)NCCCc1nc2ccccc2n1Cc1c(F)cccc1Cl. The third-order valence-corrected chi connectivity index (χ3v) is 6.79. The van der Waals surface area contributed by atoms with Gasteiger partial charge in [-0.25, -0.2) is 9.37 Å². The van der Waals surface area contributed by atoms with E-state index in [1.165, 1.54) is 6.07 Å². The normalized spacial score (nSPS) is 11.1. The van der Waals surface area contributed by atoms with Crippen molar-refractivity contribution in [3.8, 4) is 11.1 Å². The molecule has 1 aromatic heterocycles. The molecule has 0 bridgehead atoms. The van der Waals surface area contributed by atoms with E-state index in [0.29, 0.717) is 42.9 Å². The standard InChI is InChI=1S/C31H27ClFN3O/c32-26-10-6-11-27(33)25(26)21-36-29-13-5-4-12-28(29)35-30(36)14-7-19-34-31(37)20-22-15-17-24(18-16-22)23-8-2-1-3-9-23/h1-6,8-13,15-18H,7,14,19-21H2,(H,34,37). The van der Waals surface area contributed by atoms with Crippen LogP contribution in [0.4, 0.5) is 4.39 Å². The third-order valence-electron chi connectivity index (χ3n) is 6.44. The van der Waals surface area contributed by atoms with Crippen molar-refractivity contribution in [1.29, 1.82) is 0 Å². The molecule has 0 radical (unpaired) electrons. The second-order valence-electron chi connectivity index (χ2n) is 9.00. The van der Waals surface area contributed by atoms with Gasteiger partial charge in [0.1, 0.15) is 11.6 Å². The van der Waals surface area contributed by atoms with Crippen LogP contribution in [0.2, 0.25) is 5.02 Å². The van der Waals surface area contributed by atoms with E-state index in [1.807, 2.05) is 71.3 Å². The minimum Gasteiger partial charge on any atom is -0.356 e. The van der Waals surface area contributed by atoms with Crippen molar-refractivity contribution in [1.82, 2.24) is 14.9 Å². The first-order valence-electron chi connectivity index (χ1n) is 12.4. The Morgan fingerprint density at radius 3 is 2.38 bits per heavy atom. The maximum atomic E-state index is 14.5. The van der Waals surface area contributed by atoms with E-state index in [4.69, 9.17) is 16.6 Å². The summed E-state index contributed by atoms with van der Waals surface area (Å²) in [6.45, 7) is 0.831. The number of aromatic nitrogens is 2. The van der Waals surface area contributed by atoms with Crippen molar-refractivity contribution in [2.75, 3.05) is 6.54 Å². The summed E-state index contributed by atoms with van der Waals surface area (Å²) in [5, 5.41) is 3.41. The number of fused-ring (bicyclic) bond motifs is 1. The molecule has 5 rings (SSSR count). The Morgan fingerprint density at radius 1 is 0.865 bits per heavy atom. The molecule has 0 unspecified atom stereocenters. The highest BCUT2D eigenvalue weighted by Crippen LogP contribution is 2.24. The van der Waals surface area contributed by atoms with Gasteiger partial charge in [-0.2, -0.15) is 0 Å². The van der Waals surface area contributed by atoms with Gasteiger partial charge in [-0.05, 0) is 47.4 Å². The van der Waals surface area contributed by atoms with Gasteiger partial charge in [0.2, 0.25) is 5.91 Å². The number of hydrogen-bond acceptors (Lipinski definition) is 2. The summed E-state index contributed by atoms with van der Waals surface area (Å²) in [7, 11) is 0. The minimum absolute atomic E-state index is 0.0147. The first-order chi connectivity index (χ1) is 18.1. The maximum absolute atomic E-state index is 14.5. The van der Waals surface area contributed by atoms with E-state index in [9.17, 15) is 9.18 Å². The van der Waals surface area contributed by atoms with Crippen molar-refractivity contribution in [2.24, 2.45) is 0 Å². The number of amides is 1. The Bertz CT molecular complexity index is 1490. The molecule has 0 fully saturated rings. The van der Waals surface area contributed by atoms with Crippen LogP contribution in [0.1, 0.15) is 23.4 Å². The molecule has 0 aliphatic rings. The van der Waals surface area contributed by atoms with Gasteiger partial charge in [-0.3, -0.25) is 4.79 Å². The van der Waals surface area contributed by atoms with E-state index in [1.54, 1.807) is 12.1 Å². The predicted molar refractivity (Wildman–Crippen MR) is 147 cm³/mol. The van der Waals surface area contributed by atoms with Crippen molar-refractivity contribution < 1.29 is 9.18 Å². The van der Waals surface area contributed by atoms with E-state index in [2.05, 4.69) is 17.4 Å². The van der Waals surface area contributed by atoms with Gasteiger partial charge >= 0.3 is 0 Å². The first-order valence-corrected chi connectivity index (χ1v) is 12.7. The van der Waals surface area contributed by atoms with Gasteiger partial charge in [0.15, 0.2) is 0 Å². The van der Waals surface area contributed by atoms with Crippen LogP contribution in [0.5, 0.6) is 0 Å². The number of imidazole rings is 1. The number of carbonyl (C=O) groups excluding carboxylic acids is 1. The topological polar surface area (TPSA) is 46.9 Å². The van der Waals surface area contributed by atoms with Crippen LogP contribution in [0.15, 0.2) is 97.1 Å². The van der Waals surface area contributed by atoms with Crippen LogP contribution >= 0.6 is 11.6 Å². The van der Waals surface area contributed by atoms with Crippen LogP contribution < -0.4 is 5.32 Å². The molecule has 0 aliphatic heterocycles. The molecule has 6 heteroatoms. The fourth-order valence-corrected chi connectivity index (χ4v) is 4.72. The lowest BCUT2D eigenvalue weighted by Crippen LogP contribution is -2.26. The summed E-state index contributed by atoms with van der Waals surface area (Å²) in [6, 6.07) is 30.8. The quantitative estimate of drug-likeness (QED) is 0.220. The zero-order chi connectivity index (χ0) is 25.6. The highest BCUT2D eigenvalue weighted by Gasteiger charge is 2.15. The van der Waals surface area contributed by atoms with Crippen molar-refractivity contribution >= 4 is 28.5 Å². The number of rotatable bonds is 9. The molecule has 0 saturated heterocycles. The molecule has 5 aromatic rings. The Balaban J connectivity index is 1.19. The number of benzene rings is 4. The third kappa shape index (κ3) is 5.89. The van der Waals surface area contributed by atoms with Crippen molar-refractivity contribution in [2.45, 2.75) is 25.8 Å². The number of aryl methyl sites for hydroxylation is 1. The van der Waals surface area contributed by atoms with Crippen LogP contribution in [-0.4, -0.2) is 22.0 Å². The van der Waals surface area contributed by atoms with Crippen molar-refractivity contribution in [3.63, 3.8) is 0 Å². The fraction of sp³-hybridized carbons (Fsp3) is 0.161.